The Labute approximate surface area is 127 Å². The number of nitrogens with zero attached hydrogens (tertiary/aromatic N) is 4. The van der Waals surface area contributed by atoms with Gasteiger partial charge >= 0.3 is 0 Å². The summed E-state index contributed by atoms with van der Waals surface area (Å²) < 4.78 is 2.10. The lowest BCUT2D eigenvalue weighted by molar-refractivity contribution is -0.127. The first-order valence-corrected chi connectivity index (χ1v) is 8.52. The molecule has 0 unspecified atom stereocenters. The smallest absolute Gasteiger partial charge is 0.251 e. The maximum Gasteiger partial charge on any atom is 0.251 e. The Morgan fingerprint density at radius 1 is 1.50 bits per heavy atom. The molecule has 3 rings (SSSR count). The van der Waals surface area contributed by atoms with Crippen LogP contribution in [0, 0.1) is 0 Å². The second-order valence-electron chi connectivity index (χ2n) is 5.00. The monoisotopic (exact) mass is 311 g/mol. The van der Waals surface area contributed by atoms with Crippen molar-refractivity contribution in [1.82, 2.24) is 25.0 Å². The Hall–Kier alpha value is -1.15. The van der Waals surface area contributed by atoms with E-state index in [9.17, 15) is 4.79 Å². The van der Waals surface area contributed by atoms with Crippen LogP contribution in [0.1, 0.15) is 24.5 Å². The van der Waals surface area contributed by atoms with Gasteiger partial charge in [-0.25, -0.2) is 0 Å². The lowest BCUT2D eigenvalue weighted by Crippen LogP contribution is -2.32. The third kappa shape index (κ3) is 2.42. The van der Waals surface area contributed by atoms with Gasteiger partial charge in [0.25, 0.3) is 5.91 Å². The van der Waals surface area contributed by atoms with Gasteiger partial charge in [-0.05, 0) is 37.1 Å². The first-order valence-electron chi connectivity index (χ1n) is 6.72. The van der Waals surface area contributed by atoms with Gasteiger partial charge in [-0.2, -0.15) is 11.8 Å². The fourth-order valence-corrected chi connectivity index (χ4v) is 3.40. The van der Waals surface area contributed by atoms with Crippen LogP contribution in [0.25, 0.3) is 0 Å². The Kier molecular flexibility index (Phi) is 3.93. The number of rotatable bonds is 5. The minimum Gasteiger partial charge on any atom is -0.350 e. The Balaban J connectivity index is 1.70. The van der Waals surface area contributed by atoms with E-state index >= 15 is 0 Å². The van der Waals surface area contributed by atoms with E-state index in [0.29, 0.717) is 11.7 Å². The molecule has 108 valence electrons. The van der Waals surface area contributed by atoms with E-state index in [4.69, 9.17) is 12.2 Å². The normalized spacial score (nSPS) is 21.4. The highest BCUT2D eigenvalue weighted by Crippen LogP contribution is 2.18. The fourth-order valence-electron chi connectivity index (χ4n) is 2.63. The largest absolute Gasteiger partial charge is 0.350 e. The zero-order valence-electron chi connectivity index (χ0n) is 11.3. The summed E-state index contributed by atoms with van der Waals surface area (Å²) in [5.41, 5.74) is 0. The van der Waals surface area contributed by atoms with Crippen molar-refractivity contribution in [2.24, 2.45) is 0 Å². The highest BCUT2D eigenvalue weighted by molar-refractivity contribution is 7.98. The van der Waals surface area contributed by atoms with Crippen LogP contribution in [0.5, 0.6) is 0 Å². The van der Waals surface area contributed by atoms with Gasteiger partial charge in [0.1, 0.15) is 11.9 Å². The molecule has 1 aromatic heterocycles. The minimum absolute atomic E-state index is 0.0550. The maximum atomic E-state index is 12.4. The Morgan fingerprint density at radius 3 is 3.15 bits per heavy atom. The van der Waals surface area contributed by atoms with E-state index in [1.54, 1.807) is 16.7 Å². The molecule has 1 amide bonds. The van der Waals surface area contributed by atoms with Gasteiger partial charge in [-0.3, -0.25) is 9.69 Å². The Bertz CT molecular complexity index is 544. The molecule has 8 heteroatoms. The van der Waals surface area contributed by atoms with Crippen LogP contribution in [-0.2, 0) is 24.3 Å². The highest BCUT2D eigenvalue weighted by Gasteiger charge is 2.36. The topological polar surface area (TPSA) is 63.0 Å². The number of aryl methyl sites for hydroxylation is 1. The zero-order chi connectivity index (χ0) is 14.1. The molecular formula is C12H17N5OS2. The molecule has 20 heavy (non-hydrogen) atoms. The third-order valence-electron chi connectivity index (χ3n) is 3.70. The van der Waals surface area contributed by atoms with Crippen molar-refractivity contribution in [3.05, 3.63) is 11.6 Å². The summed E-state index contributed by atoms with van der Waals surface area (Å²) in [4.78, 5) is 14.0. The van der Waals surface area contributed by atoms with Gasteiger partial charge in [-0.1, -0.05) is 0 Å². The second kappa shape index (κ2) is 5.69. The number of nitrogens with one attached hydrogen (secondary N) is 1. The molecule has 2 aliphatic rings. The fraction of sp³-hybridized carbons (Fsp3) is 0.667. The average molecular weight is 311 g/mol. The third-order valence-corrected chi connectivity index (χ3v) is 4.69. The summed E-state index contributed by atoms with van der Waals surface area (Å²) in [6.07, 6.45) is 4.91. The van der Waals surface area contributed by atoms with Crippen molar-refractivity contribution >= 4 is 35.0 Å². The van der Waals surface area contributed by atoms with Crippen LogP contribution in [0.3, 0.4) is 0 Å². The van der Waals surface area contributed by atoms with Gasteiger partial charge < -0.3 is 9.88 Å². The van der Waals surface area contributed by atoms with Crippen molar-refractivity contribution in [1.29, 1.82) is 0 Å². The molecule has 2 aliphatic heterocycles. The first kappa shape index (κ1) is 13.8. The standard InChI is InChI=1S/C12H17N5OS2/c1-20-6-4-8-11(18)17(12(19)13-8)7-10-15-14-9-3-2-5-16(9)10/h8H,2-7H2,1H3,(H,13,19)/t8-/m0/s1. The van der Waals surface area contributed by atoms with E-state index in [1.165, 1.54) is 0 Å². The highest BCUT2D eigenvalue weighted by atomic mass is 32.2. The average Bonchev–Trinajstić information content (AvgIpc) is 3.09. The number of hydrogen-bond donors (Lipinski definition) is 1. The van der Waals surface area contributed by atoms with Gasteiger partial charge in [0.2, 0.25) is 0 Å². The van der Waals surface area contributed by atoms with Crippen LogP contribution in [0.4, 0.5) is 0 Å². The van der Waals surface area contributed by atoms with Gasteiger partial charge in [0.15, 0.2) is 10.9 Å². The van der Waals surface area contributed by atoms with E-state index in [-0.39, 0.29) is 11.9 Å². The van der Waals surface area contributed by atoms with Crippen molar-refractivity contribution in [2.75, 3.05) is 12.0 Å². The molecule has 0 radical (unpaired) electrons. The second-order valence-corrected chi connectivity index (χ2v) is 6.37. The van der Waals surface area contributed by atoms with E-state index < -0.39 is 0 Å². The minimum atomic E-state index is -0.184. The van der Waals surface area contributed by atoms with E-state index in [2.05, 4.69) is 20.1 Å². The quantitative estimate of drug-likeness (QED) is 0.802. The summed E-state index contributed by atoms with van der Waals surface area (Å²) in [7, 11) is 0. The number of hydrogen-bond acceptors (Lipinski definition) is 5. The molecule has 1 N–H and O–H groups in total. The molecule has 0 bridgehead atoms. The lowest BCUT2D eigenvalue weighted by atomic mass is 10.2. The van der Waals surface area contributed by atoms with Crippen LogP contribution in [0.2, 0.25) is 0 Å². The number of amides is 1. The molecular weight excluding hydrogens is 294 g/mol. The molecule has 1 fully saturated rings. The van der Waals surface area contributed by atoms with E-state index in [0.717, 1.165) is 43.2 Å². The Morgan fingerprint density at radius 2 is 2.35 bits per heavy atom. The summed E-state index contributed by atoms with van der Waals surface area (Å²) in [5, 5.41) is 12.0. The predicted octanol–water partition coefficient (Wildman–Crippen LogP) is 0.563. The van der Waals surface area contributed by atoms with Crippen molar-refractivity contribution in [2.45, 2.75) is 38.4 Å². The van der Waals surface area contributed by atoms with Gasteiger partial charge in [0, 0.05) is 13.0 Å². The molecule has 1 atom stereocenters. The molecule has 3 heterocycles. The number of fused-ring (bicyclic) bond motifs is 1. The number of carbonyl (C=O) groups excluding carboxylic acids is 1. The maximum absolute atomic E-state index is 12.4. The van der Waals surface area contributed by atoms with E-state index in [1.807, 2.05) is 6.26 Å². The SMILES string of the molecule is CSCC[C@@H]1NC(=S)N(Cc2nnc3n2CCC3)C1=O. The summed E-state index contributed by atoms with van der Waals surface area (Å²) >= 11 is 7.01. The van der Waals surface area contributed by atoms with Gasteiger partial charge in [-0.15, -0.1) is 10.2 Å². The molecule has 1 aromatic rings. The molecule has 0 saturated carbocycles. The van der Waals surface area contributed by atoms with Gasteiger partial charge in [0.05, 0.1) is 6.54 Å². The summed E-state index contributed by atoms with van der Waals surface area (Å²) in [6.45, 7) is 1.36. The number of thioether (sulfide) groups is 1. The molecule has 0 spiro atoms. The van der Waals surface area contributed by atoms with Crippen molar-refractivity contribution in [3.8, 4) is 0 Å². The van der Waals surface area contributed by atoms with Crippen molar-refractivity contribution < 1.29 is 4.79 Å². The summed E-state index contributed by atoms with van der Waals surface area (Å²) in [6, 6.07) is -0.184. The van der Waals surface area contributed by atoms with Crippen molar-refractivity contribution in [3.63, 3.8) is 0 Å². The van der Waals surface area contributed by atoms with Crippen LogP contribution < -0.4 is 5.32 Å². The van der Waals surface area contributed by atoms with Crippen LogP contribution >= 0.6 is 24.0 Å². The molecule has 6 nitrogen and oxygen atoms in total. The predicted molar refractivity (Wildman–Crippen MR) is 81.4 cm³/mol. The lowest BCUT2D eigenvalue weighted by Gasteiger charge is -2.14. The molecule has 1 saturated heterocycles. The number of aromatic nitrogens is 3. The number of thiocarbonyl (C=S) groups is 1. The molecule has 0 aromatic carbocycles. The van der Waals surface area contributed by atoms with Crippen LogP contribution in [-0.4, -0.2) is 48.7 Å². The molecule has 0 aliphatic carbocycles. The first-order chi connectivity index (χ1) is 9.70. The summed E-state index contributed by atoms with van der Waals surface area (Å²) in [5.74, 6) is 2.85. The zero-order valence-corrected chi connectivity index (χ0v) is 13.0. The number of carbonyl (C=O) groups is 1. The van der Waals surface area contributed by atoms with Crippen LogP contribution in [0.15, 0.2) is 0 Å².